The maximum absolute atomic E-state index is 13.2. The minimum absolute atomic E-state index is 0.0747. The summed E-state index contributed by atoms with van der Waals surface area (Å²) in [5.74, 6) is -0.0703. The van der Waals surface area contributed by atoms with Gasteiger partial charge in [-0.15, -0.1) is 11.3 Å². The highest BCUT2D eigenvalue weighted by atomic mass is 32.2. The highest BCUT2D eigenvalue weighted by Gasteiger charge is 2.20. The van der Waals surface area contributed by atoms with Gasteiger partial charge in [0.1, 0.15) is 10.1 Å². The van der Waals surface area contributed by atoms with E-state index >= 15 is 0 Å². The number of rotatable bonds is 5. The molecule has 1 fully saturated rings. The molecule has 0 bridgehead atoms. The van der Waals surface area contributed by atoms with Crippen LogP contribution in [0, 0.1) is 5.82 Å². The van der Waals surface area contributed by atoms with Crippen LogP contribution in [-0.2, 0) is 4.79 Å². The van der Waals surface area contributed by atoms with Gasteiger partial charge in [-0.25, -0.2) is 4.39 Å². The van der Waals surface area contributed by atoms with Crippen molar-refractivity contribution in [3.8, 4) is 0 Å². The highest BCUT2D eigenvalue weighted by molar-refractivity contribution is 8.23. The Hall–Kier alpha value is -1.44. The molecule has 0 saturated carbocycles. The van der Waals surface area contributed by atoms with Crippen molar-refractivity contribution in [1.82, 2.24) is 10.2 Å². The lowest BCUT2D eigenvalue weighted by Crippen LogP contribution is -2.32. The van der Waals surface area contributed by atoms with E-state index in [1.807, 2.05) is 17.5 Å². The third-order valence-corrected chi connectivity index (χ3v) is 6.49. The fourth-order valence-electron chi connectivity index (χ4n) is 2.75. The van der Waals surface area contributed by atoms with Crippen molar-refractivity contribution in [2.75, 3.05) is 18.8 Å². The summed E-state index contributed by atoms with van der Waals surface area (Å²) in [4.78, 5) is 15.6. The molecule has 3 nitrogen and oxygen atoms in total. The Morgan fingerprint density at radius 3 is 2.64 bits per heavy atom. The van der Waals surface area contributed by atoms with Crippen LogP contribution in [0.1, 0.15) is 29.3 Å². The molecule has 0 spiro atoms. The summed E-state index contributed by atoms with van der Waals surface area (Å²) in [5, 5.41) is 5.02. The van der Waals surface area contributed by atoms with Gasteiger partial charge in [-0.3, -0.25) is 4.79 Å². The number of nitrogens with one attached hydrogen (secondary N) is 1. The van der Waals surface area contributed by atoms with E-state index in [-0.39, 0.29) is 17.8 Å². The Bertz CT molecular complexity index is 712. The van der Waals surface area contributed by atoms with Crippen LogP contribution in [0.15, 0.2) is 41.8 Å². The van der Waals surface area contributed by atoms with E-state index in [0.29, 0.717) is 5.75 Å². The van der Waals surface area contributed by atoms with Crippen molar-refractivity contribution in [2.45, 2.75) is 18.9 Å². The number of benzene rings is 1. The number of thiophene rings is 1. The SMILES string of the molecule is O=C(CSC(=S)N1CCCC1)N[C@H](c1ccc(F)cc1)c1cccs1. The number of hydrogen-bond donors (Lipinski definition) is 1. The number of carbonyl (C=O) groups is 1. The fourth-order valence-corrected chi connectivity index (χ4v) is 4.62. The standard InChI is InChI=1S/C18H19FN2OS3/c19-14-7-5-13(6-8-14)17(15-4-3-11-24-15)20-16(22)12-25-18(23)21-9-1-2-10-21/h3-8,11,17H,1-2,9-10,12H2,(H,20,22)/t17-/m1/s1. The van der Waals surface area contributed by atoms with Gasteiger partial charge >= 0.3 is 0 Å². The highest BCUT2D eigenvalue weighted by Crippen LogP contribution is 2.26. The first-order chi connectivity index (χ1) is 12.1. The topological polar surface area (TPSA) is 32.3 Å². The lowest BCUT2D eigenvalue weighted by atomic mass is 10.1. The molecule has 1 aromatic heterocycles. The first-order valence-electron chi connectivity index (χ1n) is 8.13. The molecule has 2 heterocycles. The summed E-state index contributed by atoms with van der Waals surface area (Å²) in [6, 6.07) is 9.90. The van der Waals surface area contributed by atoms with E-state index in [1.54, 1.807) is 23.5 Å². The van der Waals surface area contributed by atoms with Crippen LogP contribution in [0.2, 0.25) is 0 Å². The normalized spacial score (nSPS) is 15.2. The van der Waals surface area contributed by atoms with Crippen LogP contribution in [0.3, 0.4) is 0 Å². The molecule has 1 aliphatic heterocycles. The van der Waals surface area contributed by atoms with E-state index < -0.39 is 0 Å². The van der Waals surface area contributed by atoms with Crippen molar-refractivity contribution in [2.24, 2.45) is 0 Å². The zero-order valence-electron chi connectivity index (χ0n) is 13.6. The molecule has 25 heavy (non-hydrogen) atoms. The zero-order chi connectivity index (χ0) is 17.6. The Kier molecular flexibility index (Phi) is 6.45. The van der Waals surface area contributed by atoms with Gasteiger partial charge in [0.2, 0.25) is 5.91 Å². The van der Waals surface area contributed by atoms with Crippen molar-refractivity contribution in [3.05, 3.63) is 58.0 Å². The van der Waals surface area contributed by atoms with Crippen LogP contribution in [0.4, 0.5) is 4.39 Å². The van der Waals surface area contributed by atoms with Crippen molar-refractivity contribution < 1.29 is 9.18 Å². The second-order valence-corrected chi connectivity index (χ2v) is 8.40. The molecule has 1 aliphatic rings. The summed E-state index contributed by atoms with van der Waals surface area (Å²) < 4.78 is 14.0. The van der Waals surface area contributed by atoms with Gasteiger partial charge in [0.25, 0.3) is 0 Å². The van der Waals surface area contributed by atoms with Crippen molar-refractivity contribution in [1.29, 1.82) is 0 Å². The maximum Gasteiger partial charge on any atom is 0.231 e. The average molecular weight is 395 g/mol. The van der Waals surface area contributed by atoms with Crippen LogP contribution < -0.4 is 5.32 Å². The van der Waals surface area contributed by atoms with Crippen LogP contribution in [0.5, 0.6) is 0 Å². The Morgan fingerprint density at radius 1 is 1.28 bits per heavy atom. The first-order valence-corrected chi connectivity index (χ1v) is 10.4. The molecule has 2 aromatic rings. The van der Waals surface area contributed by atoms with Crippen LogP contribution in [0.25, 0.3) is 0 Å². The molecule has 0 radical (unpaired) electrons. The second-order valence-electron chi connectivity index (χ2n) is 5.82. The quantitative estimate of drug-likeness (QED) is 0.770. The van der Waals surface area contributed by atoms with Gasteiger partial charge in [0.05, 0.1) is 11.8 Å². The maximum atomic E-state index is 13.2. The molecular formula is C18H19FN2OS3. The Labute approximate surface area is 160 Å². The Balaban J connectivity index is 1.62. The van der Waals surface area contributed by atoms with Gasteiger partial charge in [0, 0.05) is 18.0 Å². The molecule has 1 amide bonds. The fraction of sp³-hybridized carbons (Fsp3) is 0.333. The molecule has 1 N–H and O–H groups in total. The lowest BCUT2D eigenvalue weighted by Gasteiger charge is -2.20. The zero-order valence-corrected chi connectivity index (χ0v) is 16.1. The summed E-state index contributed by atoms with van der Waals surface area (Å²) in [6.45, 7) is 1.97. The van der Waals surface area contributed by atoms with E-state index in [0.717, 1.165) is 40.7 Å². The minimum atomic E-state index is -0.286. The number of hydrogen-bond acceptors (Lipinski definition) is 4. The number of thioether (sulfide) groups is 1. The summed E-state index contributed by atoms with van der Waals surface area (Å²) >= 11 is 8.38. The average Bonchev–Trinajstić information content (AvgIpc) is 3.31. The van der Waals surface area contributed by atoms with Gasteiger partial charge in [-0.1, -0.05) is 42.2 Å². The van der Waals surface area contributed by atoms with E-state index in [9.17, 15) is 9.18 Å². The third kappa shape index (κ3) is 5.03. The third-order valence-electron chi connectivity index (χ3n) is 4.03. The van der Waals surface area contributed by atoms with Gasteiger partial charge < -0.3 is 10.2 Å². The number of likely N-dealkylation sites (tertiary alicyclic amines) is 1. The molecule has 132 valence electrons. The minimum Gasteiger partial charge on any atom is -0.358 e. The Morgan fingerprint density at radius 2 is 2.00 bits per heavy atom. The molecule has 1 atom stereocenters. The summed E-state index contributed by atoms with van der Waals surface area (Å²) in [6.07, 6.45) is 2.33. The molecule has 0 unspecified atom stereocenters. The predicted octanol–water partition coefficient (Wildman–Crippen LogP) is 4.21. The number of halogens is 1. The van der Waals surface area contributed by atoms with Crippen molar-refractivity contribution >= 4 is 45.5 Å². The number of carbonyl (C=O) groups excluding carboxylic acids is 1. The molecule has 3 rings (SSSR count). The molecular weight excluding hydrogens is 375 g/mol. The molecule has 7 heteroatoms. The largest absolute Gasteiger partial charge is 0.358 e. The predicted molar refractivity (Wildman–Crippen MR) is 107 cm³/mol. The smallest absolute Gasteiger partial charge is 0.231 e. The monoisotopic (exact) mass is 394 g/mol. The van der Waals surface area contributed by atoms with E-state index in [2.05, 4.69) is 10.2 Å². The molecule has 0 aliphatic carbocycles. The summed E-state index contributed by atoms with van der Waals surface area (Å²) in [5.41, 5.74) is 0.865. The molecule has 1 aromatic carbocycles. The van der Waals surface area contributed by atoms with E-state index in [4.69, 9.17) is 12.2 Å². The van der Waals surface area contributed by atoms with Gasteiger partial charge in [0.15, 0.2) is 0 Å². The van der Waals surface area contributed by atoms with Gasteiger partial charge in [-0.2, -0.15) is 0 Å². The number of amides is 1. The van der Waals surface area contributed by atoms with Crippen LogP contribution in [-0.4, -0.2) is 34.0 Å². The number of thiocarbonyl (C=S) groups is 1. The second kappa shape index (κ2) is 8.78. The van der Waals surface area contributed by atoms with Gasteiger partial charge in [-0.05, 0) is 42.0 Å². The first kappa shape index (κ1) is 18.4. The van der Waals surface area contributed by atoms with Crippen molar-refractivity contribution in [3.63, 3.8) is 0 Å². The van der Waals surface area contributed by atoms with Crippen LogP contribution >= 0.6 is 35.3 Å². The lowest BCUT2D eigenvalue weighted by molar-refractivity contribution is -0.119. The summed E-state index contributed by atoms with van der Waals surface area (Å²) in [7, 11) is 0. The number of nitrogens with zero attached hydrogens (tertiary/aromatic N) is 1. The van der Waals surface area contributed by atoms with E-state index in [1.165, 1.54) is 23.9 Å². The molecule has 1 saturated heterocycles.